The van der Waals surface area contributed by atoms with Gasteiger partial charge in [-0.2, -0.15) is 0 Å². The Labute approximate surface area is 132 Å². The average molecular weight is 296 g/mol. The highest BCUT2D eigenvalue weighted by molar-refractivity contribution is 5.96. The van der Waals surface area contributed by atoms with Crippen LogP contribution in [0, 0.1) is 0 Å². The second-order valence-corrected chi connectivity index (χ2v) is 6.55. The number of para-hydroxylation sites is 1. The minimum atomic E-state index is -0.305. The summed E-state index contributed by atoms with van der Waals surface area (Å²) in [6, 6.07) is 17.4. The van der Waals surface area contributed by atoms with Gasteiger partial charge in [0.15, 0.2) is 0 Å². The molecular formula is C19H24N2O. The second kappa shape index (κ2) is 6.65. The van der Waals surface area contributed by atoms with Crippen LogP contribution in [0.3, 0.4) is 0 Å². The van der Waals surface area contributed by atoms with Crippen LogP contribution in [-0.2, 0) is 10.2 Å². The van der Waals surface area contributed by atoms with Crippen molar-refractivity contribution >= 4 is 17.3 Å². The van der Waals surface area contributed by atoms with Gasteiger partial charge in [0.2, 0.25) is 5.91 Å². The highest BCUT2D eigenvalue weighted by atomic mass is 16.2. The zero-order chi connectivity index (χ0) is 16.2. The summed E-state index contributed by atoms with van der Waals surface area (Å²) in [6.45, 7) is 8.41. The van der Waals surface area contributed by atoms with Crippen molar-refractivity contribution in [2.45, 2.75) is 39.2 Å². The van der Waals surface area contributed by atoms with Crippen molar-refractivity contribution in [2.75, 3.05) is 10.6 Å². The highest BCUT2D eigenvalue weighted by Crippen LogP contribution is 2.23. The number of hydrogen-bond donors (Lipinski definition) is 2. The maximum atomic E-state index is 12.2. The van der Waals surface area contributed by atoms with E-state index in [0.717, 1.165) is 11.4 Å². The SMILES string of the molecule is C[C@H](Nc1ccc(C(C)(C)C)cc1)C(=O)Nc1ccccc1. The first-order chi connectivity index (χ1) is 10.4. The Balaban J connectivity index is 1.96. The van der Waals surface area contributed by atoms with Gasteiger partial charge in [0, 0.05) is 11.4 Å². The molecule has 3 heteroatoms. The van der Waals surface area contributed by atoms with Crippen LogP contribution < -0.4 is 10.6 Å². The van der Waals surface area contributed by atoms with Crippen molar-refractivity contribution in [1.82, 2.24) is 0 Å². The maximum absolute atomic E-state index is 12.2. The van der Waals surface area contributed by atoms with Crippen LogP contribution >= 0.6 is 0 Å². The molecule has 0 heterocycles. The minimum absolute atomic E-state index is 0.0499. The Hall–Kier alpha value is -2.29. The van der Waals surface area contributed by atoms with Crippen molar-refractivity contribution < 1.29 is 4.79 Å². The van der Waals surface area contributed by atoms with Gasteiger partial charge in [0.25, 0.3) is 0 Å². The molecule has 2 rings (SSSR count). The molecule has 0 fully saturated rings. The molecule has 0 unspecified atom stereocenters. The number of hydrogen-bond acceptors (Lipinski definition) is 2. The van der Waals surface area contributed by atoms with Crippen molar-refractivity contribution in [3.05, 3.63) is 60.2 Å². The van der Waals surface area contributed by atoms with E-state index in [2.05, 4.69) is 43.5 Å². The lowest BCUT2D eigenvalue weighted by atomic mass is 9.87. The average Bonchev–Trinajstić information content (AvgIpc) is 2.48. The first-order valence-corrected chi connectivity index (χ1v) is 7.59. The summed E-state index contributed by atoms with van der Waals surface area (Å²) in [5, 5.41) is 6.12. The largest absolute Gasteiger partial charge is 0.374 e. The van der Waals surface area contributed by atoms with E-state index in [1.807, 2.05) is 49.4 Å². The molecule has 116 valence electrons. The number of anilines is 2. The number of amides is 1. The van der Waals surface area contributed by atoms with E-state index in [-0.39, 0.29) is 17.4 Å². The van der Waals surface area contributed by atoms with E-state index < -0.39 is 0 Å². The molecular weight excluding hydrogens is 272 g/mol. The van der Waals surface area contributed by atoms with Gasteiger partial charge >= 0.3 is 0 Å². The maximum Gasteiger partial charge on any atom is 0.246 e. The summed E-state index contributed by atoms with van der Waals surface area (Å²) < 4.78 is 0. The minimum Gasteiger partial charge on any atom is -0.374 e. The van der Waals surface area contributed by atoms with Gasteiger partial charge in [0.1, 0.15) is 6.04 Å². The number of carbonyl (C=O) groups is 1. The summed E-state index contributed by atoms with van der Waals surface area (Å²) in [7, 11) is 0. The lowest BCUT2D eigenvalue weighted by Crippen LogP contribution is -2.31. The topological polar surface area (TPSA) is 41.1 Å². The molecule has 0 aliphatic heterocycles. The standard InChI is InChI=1S/C19H24N2O/c1-14(18(22)21-16-8-6-5-7-9-16)20-17-12-10-15(11-13-17)19(2,3)4/h5-14,20H,1-4H3,(H,21,22)/t14-/m0/s1. The van der Waals surface area contributed by atoms with Crippen LogP contribution in [0.5, 0.6) is 0 Å². The Morgan fingerprint density at radius 1 is 0.909 bits per heavy atom. The fraction of sp³-hybridized carbons (Fsp3) is 0.316. The van der Waals surface area contributed by atoms with Crippen molar-refractivity contribution in [3.63, 3.8) is 0 Å². The first-order valence-electron chi connectivity index (χ1n) is 7.59. The quantitative estimate of drug-likeness (QED) is 0.876. The molecule has 0 bridgehead atoms. The number of benzene rings is 2. The van der Waals surface area contributed by atoms with Crippen LogP contribution in [0.15, 0.2) is 54.6 Å². The molecule has 0 aromatic heterocycles. The van der Waals surface area contributed by atoms with E-state index >= 15 is 0 Å². The molecule has 22 heavy (non-hydrogen) atoms. The predicted molar refractivity (Wildman–Crippen MR) is 93.3 cm³/mol. The van der Waals surface area contributed by atoms with Gasteiger partial charge in [-0.1, -0.05) is 51.1 Å². The van der Waals surface area contributed by atoms with Crippen molar-refractivity contribution in [2.24, 2.45) is 0 Å². The van der Waals surface area contributed by atoms with Gasteiger partial charge < -0.3 is 10.6 Å². The summed E-state index contributed by atoms with van der Waals surface area (Å²) >= 11 is 0. The van der Waals surface area contributed by atoms with Crippen LogP contribution in [0.4, 0.5) is 11.4 Å². The van der Waals surface area contributed by atoms with Gasteiger partial charge in [-0.25, -0.2) is 0 Å². The summed E-state index contributed by atoms with van der Waals surface area (Å²) in [5.41, 5.74) is 3.17. The van der Waals surface area contributed by atoms with E-state index in [1.54, 1.807) is 0 Å². The molecule has 0 spiro atoms. The zero-order valence-corrected chi connectivity index (χ0v) is 13.7. The Bertz CT molecular complexity index is 612. The molecule has 3 nitrogen and oxygen atoms in total. The number of rotatable bonds is 4. The molecule has 2 aromatic carbocycles. The van der Waals surface area contributed by atoms with Crippen LogP contribution in [0.2, 0.25) is 0 Å². The molecule has 0 aliphatic rings. The van der Waals surface area contributed by atoms with Gasteiger partial charge in [-0.05, 0) is 42.2 Å². The molecule has 0 aliphatic carbocycles. The third-order valence-corrected chi connectivity index (χ3v) is 3.57. The van der Waals surface area contributed by atoms with E-state index in [4.69, 9.17) is 0 Å². The molecule has 0 radical (unpaired) electrons. The van der Waals surface area contributed by atoms with Gasteiger partial charge in [-0.3, -0.25) is 4.79 Å². The first kappa shape index (κ1) is 16.1. The third-order valence-electron chi connectivity index (χ3n) is 3.57. The van der Waals surface area contributed by atoms with Gasteiger partial charge in [0.05, 0.1) is 0 Å². The smallest absolute Gasteiger partial charge is 0.246 e. The lowest BCUT2D eigenvalue weighted by Gasteiger charge is -2.20. The molecule has 2 N–H and O–H groups in total. The van der Waals surface area contributed by atoms with E-state index in [0.29, 0.717) is 0 Å². The lowest BCUT2D eigenvalue weighted by molar-refractivity contribution is -0.116. The molecule has 0 saturated heterocycles. The second-order valence-electron chi connectivity index (χ2n) is 6.55. The van der Waals surface area contributed by atoms with E-state index in [1.165, 1.54) is 5.56 Å². The molecule has 1 amide bonds. The van der Waals surface area contributed by atoms with E-state index in [9.17, 15) is 4.79 Å². The third kappa shape index (κ3) is 4.35. The Morgan fingerprint density at radius 3 is 2.05 bits per heavy atom. The van der Waals surface area contributed by atoms with Crippen molar-refractivity contribution in [3.8, 4) is 0 Å². The Morgan fingerprint density at radius 2 is 1.50 bits per heavy atom. The summed E-state index contributed by atoms with van der Waals surface area (Å²) in [4.78, 5) is 12.2. The summed E-state index contributed by atoms with van der Waals surface area (Å²) in [5.74, 6) is -0.0499. The zero-order valence-electron chi connectivity index (χ0n) is 13.7. The normalized spacial score (nSPS) is 12.5. The van der Waals surface area contributed by atoms with Crippen LogP contribution in [0.25, 0.3) is 0 Å². The fourth-order valence-electron chi connectivity index (χ4n) is 2.15. The highest BCUT2D eigenvalue weighted by Gasteiger charge is 2.15. The van der Waals surface area contributed by atoms with Crippen molar-refractivity contribution in [1.29, 1.82) is 0 Å². The van der Waals surface area contributed by atoms with Crippen LogP contribution in [0.1, 0.15) is 33.3 Å². The Kier molecular flexibility index (Phi) is 4.86. The van der Waals surface area contributed by atoms with Crippen LogP contribution in [-0.4, -0.2) is 11.9 Å². The summed E-state index contributed by atoms with van der Waals surface area (Å²) in [6.07, 6.45) is 0. The number of nitrogens with one attached hydrogen (secondary N) is 2. The molecule has 0 saturated carbocycles. The fourth-order valence-corrected chi connectivity index (χ4v) is 2.15. The monoisotopic (exact) mass is 296 g/mol. The number of carbonyl (C=O) groups excluding carboxylic acids is 1. The van der Waals surface area contributed by atoms with Gasteiger partial charge in [-0.15, -0.1) is 0 Å². The predicted octanol–water partition coefficient (Wildman–Crippen LogP) is 4.42. The molecule has 2 aromatic rings. The molecule has 1 atom stereocenters.